The quantitative estimate of drug-likeness (QED) is 0.818. The summed E-state index contributed by atoms with van der Waals surface area (Å²) in [6, 6.07) is 9.02. The molecule has 27 heavy (non-hydrogen) atoms. The van der Waals surface area contributed by atoms with Crippen molar-refractivity contribution in [2.45, 2.75) is 26.3 Å². The number of likely N-dealkylation sites (tertiary alicyclic amines) is 1. The van der Waals surface area contributed by atoms with Crippen LogP contribution in [0.3, 0.4) is 0 Å². The maximum Gasteiger partial charge on any atom is 0.231 e. The zero-order valence-electron chi connectivity index (χ0n) is 15.2. The Kier molecular flexibility index (Phi) is 4.70. The molecule has 1 fully saturated rings. The molecule has 0 aliphatic carbocycles. The summed E-state index contributed by atoms with van der Waals surface area (Å²) in [7, 11) is 0. The van der Waals surface area contributed by atoms with E-state index < -0.39 is 0 Å². The molecule has 0 radical (unpaired) electrons. The third-order valence-corrected chi connectivity index (χ3v) is 5.21. The van der Waals surface area contributed by atoms with Crippen molar-refractivity contribution in [2.75, 3.05) is 13.1 Å². The van der Waals surface area contributed by atoms with E-state index in [9.17, 15) is 14.3 Å². The first-order valence-corrected chi connectivity index (χ1v) is 9.28. The van der Waals surface area contributed by atoms with Gasteiger partial charge in [0.25, 0.3) is 0 Å². The Morgan fingerprint density at radius 2 is 2.04 bits per heavy atom. The number of hydrogen-bond donors (Lipinski definition) is 1. The molecule has 140 valence electrons. The molecule has 2 aromatic rings. The van der Waals surface area contributed by atoms with Crippen LogP contribution >= 0.6 is 0 Å². The minimum Gasteiger partial charge on any atom is -0.507 e. The molecule has 0 spiro atoms. The molecule has 2 heterocycles. The summed E-state index contributed by atoms with van der Waals surface area (Å²) in [5.41, 5.74) is 1.79. The number of phenolic OH excluding ortho intramolecular Hbond substituents is 1. The highest BCUT2D eigenvalue weighted by Gasteiger charge is 2.32. The summed E-state index contributed by atoms with van der Waals surface area (Å²) in [4.78, 5) is 15.0. The van der Waals surface area contributed by atoms with Crippen molar-refractivity contribution in [1.82, 2.24) is 4.90 Å². The van der Waals surface area contributed by atoms with Crippen molar-refractivity contribution in [1.29, 1.82) is 0 Å². The predicted molar refractivity (Wildman–Crippen MR) is 101 cm³/mol. The molecular weight excluding hydrogens is 345 g/mol. The van der Waals surface area contributed by atoms with E-state index in [2.05, 4.69) is 11.8 Å². The van der Waals surface area contributed by atoms with Gasteiger partial charge in [0.05, 0.1) is 11.1 Å². The van der Waals surface area contributed by atoms with Crippen molar-refractivity contribution in [3.05, 3.63) is 64.7 Å². The Morgan fingerprint density at radius 3 is 2.78 bits per heavy atom. The summed E-state index contributed by atoms with van der Waals surface area (Å²) >= 11 is 0. The molecule has 0 aromatic heterocycles. The molecule has 0 bridgehead atoms. The summed E-state index contributed by atoms with van der Waals surface area (Å²) in [6.07, 6.45) is 3.95. The lowest BCUT2D eigenvalue weighted by atomic mass is 9.99. The molecule has 1 saturated heterocycles. The maximum absolute atomic E-state index is 13.1. The van der Waals surface area contributed by atoms with Crippen LogP contribution in [0.2, 0.25) is 0 Å². The number of hydrogen-bond acceptors (Lipinski definition) is 4. The zero-order chi connectivity index (χ0) is 19.0. The fourth-order valence-corrected chi connectivity index (χ4v) is 3.81. The number of Topliss-reactive ketones (excluding diaryl/α,β-unsaturated/α-hetero) is 1. The van der Waals surface area contributed by atoms with Gasteiger partial charge in [0.1, 0.15) is 17.3 Å². The fourth-order valence-electron chi connectivity index (χ4n) is 3.81. The first kappa shape index (κ1) is 17.7. The highest BCUT2D eigenvalue weighted by molar-refractivity contribution is 6.15. The van der Waals surface area contributed by atoms with Crippen LogP contribution in [0, 0.1) is 11.7 Å². The van der Waals surface area contributed by atoms with Crippen LogP contribution in [-0.2, 0) is 6.54 Å². The van der Waals surface area contributed by atoms with E-state index in [1.807, 2.05) is 0 Å². The molecule has 4 rings (SSSR count). The predicted octanol–water partition coefficient (Wildman–Crippen LogP) is 4.38. The highest BCUT2D eigenvalue weighted by atomic mass is 19.1. The van der Waals surface area contributed by atoms with E-state index in [1.54, 1.807) is 30.3 Å². The van der Waals surface area contributed by atoms with Crippen molar-refractivity contribution in [3.63, 3.8) is 0 Å². The van der Waals surface area contributed by atoms with Gasteiger partial charge in [0, 0.05) is 13.1 Å². The second-order valence-corrected chi connectivity index (χ2v) is 7.41. The Balaban J connectivity index is 1.63. The minimum absolute atomic E-state index is 0.141. The Hall–Kier alpha value is -2.66. The van der Waals surface area contributed by atoms with Gasteiger partial charge in [-0.15, -0.1) is 0 Å². The second kappa shape index (κ2) is 7.16. The third kappa shape index (κ3) is 3.60. The number of ether oxygens (including phenoxy) is 1. The molecule has 1 atom stereocenters. The normalized spacial score (nSPS) is 21.3. The lowest BCUT2D eigenvalue weighted by Gasteiger charge is -2.31. The maximum atomic E-state index is 13.1. The first-order chi connectivity index (χ1) is 13.0. The van der Waals surface area contributed by atoms with Crippen molar-refractivity contribution < 1.29 is 19.0 Å². The van der Waals surface area contributed by atoms with E-state index in [-0.39, 0.29) is 23.1 Å². The number of phenols is 1. The van der Waals surface area contributed by atoms with Gasteiger partial charge in [0.2, 0.25) is 5.78 Å². The van der Waals surface area contributed by atoms with Gasteiger partial charge in [-0.05, 0) is 61.2 Å². The van der Waals surface area contributed by atoms with E-state index in [4.69, 9.17) is 4.74 Å². The number of carbonyl (C=O) groups excluding carboxylic acids is 1. The Bertz CT molecular complexity index is 905. The Labute approximate surface area is 157 Å². The second-order valence-electron chi connectivity index (χ2n) is 7.41. The van der Waals surface area contributed by atoms with Crippen LogP contribution in [0.1, 0.15) is 41.3 Å². The molecule has 5 heteroatoms. The number of aromatic hydroxyl groups is 1. The van der Waals surface area contributed by atoms with Gasteiger partial charge in [-0.2, -0.15) is 0 Å². The van der Waals surface area contributed by atoms with Gasteiger partial charge >= 0.3 is 0 Å². The Morgan fingerprint density at radius 1 is 1.26 bits per heavy atom. The van der Waals surface area contributed by atoms with Crippen LogP contribution < -0.4 is 4.74 Å². The molecular formula is C22H22FNO3. The van der Waals surface area contributed by atoms with Crippen LogP contribution in [0.15, 0.2) is 42.2 Å². The number of allylic oxidation sites excluding steroid dienone is 1. The lowest BCUT2D eigenvalue weighted by molar-refractivity contribution is 0.101. The van der Waals surface area contributed by atoms with E-state index in [0.29, 0.717) is 34.9 Å². The monoisotopic (exact) mass is 367 g/mol. The SMILES string of the molecule is C[C@@H]1CCCN(Cc2c(O)ccc3c2O/C(=C\c2ccc(F)cc2)C3=O)C1. The lowest BCUT2D eigenvalue weighted by Crippen LogP contribution is -2.33. The third-order valence-electron chi connectivity index (χ3n) is 5.21. The van der Waals surface area contributed by atoms with Crippen LogP contribution in [0.5, 0.6) is 11.5 Å². The van der Waals surface area contributed by atoms with Gasteiger partial charge < -0.3 is 9.84 Å². The molecule has 2 aromatic carbocycles. The number of ketones is 1. The number of benzene rings is 2. The zero-order valence-corrected chi connectivity index (χ0v) is 15.2. The highest BCUT2D eigenvalue weighted by Crippen LogP contribution is 2.40. The van der Waals surface area contributed by atoms with E-state index in [0.717, 1.165) is 19.5 Å². The van der Waals surface area contributed by atoms with E-state index in [1.165, 1.54) is 18.6 Å². The fraction of sp³-hybridized carbons (Fsp3) is 0.318. The molecule has 0 saturated carbocycles. The molecule has 2 aliphatic heterocycles. The number of halogens is 1. The smallest absolute Gasteiger partial charge is 0.231 e. The summed E-state index contributed by atoms with van der Waals surface area (Å²) in [6.45, 7) is 4.72. The summed E-state index contributed by atoms with van der Waals surface area (Å²) in [5.74, 6) is 0.837. The minimum atomic E-state index is -0.331. The first-order valence-electron chi connectivity index (χ1n) is 9.28. The van der Waals surface area contributed by atoms with Gasteiger partial charge in [-0.25, -0.2) is 4.39 Å². The number of carbonyl (C=O) groups is 1. The van der Waals surface area contributed by atoms with E-state index >= 15 is 0 Å². The van der Waals surface area contributed by atoms with Crippen LogP contribution in [0.25, 0.3) is 6.08 Å². The van der Waals surface area contributed by atoms with Crippen molar-refractivity contribution in [3.8, 4) is 11.5 Å². The standard InChI is InChI=1S/C22H22FNO3/c1-14-3-2-10-24(12-14)13-18-19(25)9-8-17-21(26)20(27-22(17)18)11-15-4-6-16(23)7-5-15/h4-9,11,14,25H,2-3,10,12-13H2,1H3/b20-11-/t14-/m1/s1. The molecule has 1 N–H and O–H groups in total. The van der Waals surface area contributed by atoms with Crippen LogP contribution in [0.4, 0.5) is 4.39 Å². The molecule has 2 aliphatic rings. The molecule has 4 nitrogen and oxygen atoms in total. The average molecular weight is 367 g/mol. The van der Waals surface area contributed by atoms with Gasteiger partial charge in [-0.1, -0.05) is 19.1 Å². The number of piperidine rings is 1. The molecule has 0 amide bonds. The number of rotatable bonds is 3. The van der Waals surface area contributed by atoms with Crippen molar-refractivity contribution in [2.24, 2.45) is 5.92 Å². The average Bonchev–Trinajstić information content (AvgIpc) is 2.96. The topological polar surface area (TPSA) is 49.8 Å². The van der Waals surface area contributed by atoms with Gasteiger partial charge in [0.15, 0.2) is 5.76 Å². The largest absolute Gasteiger partial charge is 0.507 e. The van der Waals surface area contributed by atoms with Crippen molar-refractivity contribution >= 4 is 11.9 Å². The molecule has 0 unspecified atom stereocenters. The number of fused-ring (bicyclic) bond motifs is 1. The summed E-state index contributed by atoms with van der Waals surface area (Å²) < 4.78 is 19.0. The van der Waals surface area contributed by atoms with Crippen LogP contribution in [-0.4, -0.2) is 28.9 Å². The van der Waals surface area contributed by atoms with Gasteiger partial charge in [-0.3, -0.25) is 9.69 Å². The number of nitrogens with zero attached hydrogens (tertiary/aromatic N) is 1. The summed E-state index contributed by atoms with van der Waals surface area (Å²) in [5, 5.41) is 10.4.